The molecule has 194 valence electrons. The van der Waals surface area contributed by atoms with Crippen molar-refractivity contribution >= 4 is 32.6 Å². The lowest BCUT2D eigenvalue weighted by molar-refractivity contribution is 0.0703. The second kappa shape index (κ2) is 11.0. The molecule has 1 aliphatic rings. The van der Waals surface area contributed by atoms with Gasteiger partial charge in [-0.3, -0.25) is 9.10 Å². The molecule has 1 aliphatic carbocycles. The van der Waals surface area contributed by atoms with Gasteiger partial charge in [-0.15, -0.1) is 0 Å². The number of ether oxygens (including phenoxy) is 2. The number of fused-ring (bicyclic) bond motifs is 1. The van der Waals surface area contributed by atoms with Crippen molar-refractivity contribution < 1.29 is 31.5 Å². The van der Waals surface area contributed by atoms with Crippen molar-refractivity contribution in [3.05, 3.63) is 53.3 Å². The van der Waals surface area contributed by atoms with Crippen molar-refractivity contribution in [1.82, 2.24) is 5.32 Å². The van der Waals surface area contributed by atoms with E-state index in [1.54, 1.807) is 25.3 Å². The summed E-state index contributed by atoms with van der Waals surface area (Å²) in [6.07, 6.45) is 3.56. The summed E-state index contributed by atoms with van der Waals surface area (Å²) in [4.78, 5) is 12.9. The molecule has 0 radical (unpaired) electrons. The Morgan fingerprint density at radius 2 is 1.89 bits per heavy atom. The predicted octanol–water partition coefficient (Wildman–Crippen LogP) is 4.30. The van der Waals surface area contributed by atoms with Gasteiger partial charge in [0.2, 0.25) is 10.0 Å². The van der Waals surface area contributed by atoms with Gasteiger partial charge in [0.15, 0.2) is 0 Å². The van der Waals surface area contributed by atoms with Crippen LogP contribution in [0.4, 0.5) is 10.1 Å². The molecule has 10 heteroatoms. The fraction of sp³-hybridized carbons (Fsp3) is 0.423. The molecule has 0 unspecified atom stereocenters. The Morgan fingerprint density at radius 1 is 1.17 bits per heavy atom. The van der Waals surface area contributed by atoms with E-state index in [9.17, 15) is 17.6 Å². The van der Waals surface area contributed by atoms with Gasteiger partial charge < -0.3 is 19.2 Å². The molecule has 1 aromatic heterocycles. The number of carbonyl (C=O) groups is 1. The molecule has 0 bridgehead atoms. The van der Waals surface area contributed by atoms with Crippen molar-refractivity contribution in [3.63, 3.8) is 0 Å². The van der Waals surface area contributed by atoms with Gasteiger partial charge in [-0.25, -0.2) is 12.8 Å². The number of halogens is 1. The molecule has 8 nitrogen and oxygen atoms in total. The van der Waals surface area contributed by atoms with Gasteiger partial charge in [-0.2, -0.15) is 0 Å². The van der Waals surface area contributed by atoms with E-state index in [1.807, 2.05) is 6.07 Å². The molecule has 1 amide bonds. The summed E-state index contributed by atoms with van der Waals surface area (Å²) in [5.74, 6) is -0.227. The lowest BCUT2D eigenvalue weighted by Crippen LogP contribution is -2.32. The smallest absolute Gasteiger partial charge is 0.255 e. The molecule has 0 atom stereocenters. The van der Waals surface area contributed by atoms with Crippen LogP contribution in [0.2, 0.25) is 0 Å². The van der Waals surface area contributed by atoms with Gasteiger partial charge in [-0.1, -0.05) is 0 Å². The molecule has 36 heavy (non-hydrogen) atoms. The first-order chi connectivity index (χ1) is 17.2. The van der Waals surface area contributed by atoms with Crippen LogP contribution in [-0.4, -0.2) is 61.1 Å². The lowest BCUT2D eigenvalue weighted by atomic mass is 10.0. The first kappa shape index (κ1) is 26.1. The molecule has 1 saturated carbocycles. The van der Waals surface area contributed by atoms with Gasteiger partial charge in [0.05, 0.1) is 30.7 Å². The topological polar surface area (TPSA) is 98.1 Å². The number of furan rings is 1. The zero-order valence-corrected chi connectivity index (χ0v) is 21.5. The van der Waals surface area contributed by atoms with E-state index in [1.165, 1.54) is 29.7 Å². The number of sulfonamides is 1. The maximum Gasteiger partial charge on any atom is 0.255 e. The van der Waals surface area contributed by atoms with Crippen LogP contribution in [-0.2, 0) is 19.5 Å². The molecule has 3 aromatic rings. The Morgan fingerprint density at radius 3 is 2.50 bits per heavy atom. The first-order valence-electron chi connectivity index (χ1n) is 11.9. The fourth-order valence-corrected chi connectivity index (χ4v) is 5.24. The Bertz CT molecular complexity index is 1330. The fourth-order valence-electron chi connectivity index (χ4n) is 4.26. The molecule has 0 spiro atoms. The minimum absolute atomic E-state index is 0.202. The summed E-state index contributed by atoms with van der Waals surface area (Å²) < 4.78 is 57.2. The molecule has 2 aromatic carbocycles. The number of nitrogens with one attached hydrogen (secondary N) is 1. The number of hydrogen-bond acceptors (Lipinski definition) is 6. The zero-order chi connectivity index (χ0) is 25.9. The Labute approximate surface area is 210 Å². The van der Waals surface area contributed by atoms with Crippen LogP contribution in [0.1, 0.15) is 41.1 Å². The van der Waals surface area contributed by atoms with E-state index in [0.717, 1.165) is 18.4 Å². The summed E-state index contributed by atoms with van der Waals surface area (Å²) in [5, 5.41) is 3.25. The SMILES string of the molecule is CNC(=O)c1c(-c2ccc(F)cc2)oc2cc(N(CCCOCCOC)S(C)(=O)=O)c(C3CC3)cc12. The maximum absolute atomic E-state index is 13.5. The van der Waals surface area contributed by atoms with Crippen molar-refractivity contribution in [2.75, 3.05) is 51.1 Å². The summed E-state index contributed by atoms with van der Waals surface area (Å²) >= 11 is 0. The standard InChI is InChI=1S/C26H31FN2O6S/c1-28-26(30)24-21-15-20(17-5-6-17)22(29(36(3,31)32)11-4-12-34-14-13-33-2)16-23(21)35-25(24)18-7-9-19(27)10-8-18/h7-10,15-17H,4-6,11-14H2,1-3H3,(H,28,30). The highest BCUT2D eigenvalue weighted by molar-refractivity contribution is 7.92. The minimum Gasteiger partial charge on any atom is -0.455 e. The number of hydrogen-bond donors (Lipinski definition) is 1. The number of benzene rings is 2. The largest absolute Gasteiger partial charge is 0.455 e. The highest BCUT2D eigenvalue weighted by Crippen LogP contribution is 2.48. The van der Waals surface area contributed by atoms with Gasteiger partial charge >= 0.3 is 0 Å². The maximum atomic E-state index is 13.5. The molecule has 1 N–H and O–H groups in total. The number of rotatable bonds is 12. The minimum atomic E-state index is -3.60. The Balaban J connectivity index is 1.79. The predicted molar refractivity (Wildman–Crippen MR) is 136 cm³/mol. The van der Waals surface area contributed by atoms with Crippen molar-refractivity contribution in [1.29, 1.82) is 0 Å². The molecule has 1 heterocycles. The monoisotopic (exact) mass is 518 g/mol. The number of carbonyl (C=O) groups excluding carboxylic acids is 1. The van der Waals surface area contributed by atoms with Gasteiger partial charge in [-0.05, 0) is 61.1 Å². The second-order valence-electron chi connectivity index (χ2n) is 8.87. The quantitative estimate of drug-likeness (QED) is 0.359. The van der Waals surface area contributed by atoms with E-state index in [-0.39, 0.29) is 18.4 Å². The Hall–Kier alpha value is -2.95. The summed E-state index contributed by atoms with van der Waals surface area (Å²) in [6.45, 7) is 1.55. The molecular formula is C26H31FN2O6S. The molecule has 1 fully saturated rings. The third-order valence-corrected chi connectivity index (χ3v) is 7.35. The lowest BCUT2D eigenvalue weighted by Gasteiger charge is -2.25. The Kier molecular flexibility index (Phi) is 7.97. The molecule has 0 saturated heterocycles. The average molecular weight is 519 g/mol. The van der Waals surface area contributed by atoms with Gasteiger partial charge in [0, 0.05) is 44.3 Å². The van der Waals surface area contributed by atoms with Crippen molar-refractivity contribution in [2.45, 2.75) is 25.2 Å². The van der Waals surface area contributed by atoms with Crippen LogP contribution < -0.4 is 9.62 Å². The van der Waals surface area contributed by atoms with Crippen LogP contribution >= 0.6 is 0 Å². The third-order valence-electron chi connectivity index (χ3n) is 6.17. The summed E-state index contributed by atoms with van der Waals surface area (Å²) in [7, 11) is -0.476. The number of amides is 1. The highest BCUT2D eigenvalue weighted by Gasteiger charge is 2.33. The van der Waals surface area contributed by atoms with E-state index in [0.29, 0.717) is 59.8 Å². The molecule has 4 rings (SSSR count). The second-order valence-corrected chi connectivity index (χ2v) is 10.8. The number of anilines is 1. The molecule has 0 aliphatic heterocycles. The third kappa shape index (κ3) is 5.71. The average Bonchev–Trinajstić information content (AvgIpc) is 3.62. The molecular weight excluding hydrogens is 487 g/mol. The van der Waals surface area contributed by atoms with Crippen LogP contribution in [0, 0.1) is 5.82 Å². The number of nitrogens with zero attached hydrogens (tertiary/aromatic N) is 1. The van der Waals surface area contributed by atoms with Crippen LogP contribution in [0.3, 0.4) is 0 Å². The van der Waals surface area contributed by atoms with E-state index < -0.39 is 15.8 Å². The first-order valence-corrected chi connectivity index (χ1v) is 13.7. The normalized spacial score (nSPS) is 13.8. The van der Waals surface area contributed by atoms with Crippen molar-refractivity contribution in [2.24, 2.45) is 0 Å². The highest BCUT2D eigenvalue weighted by atomic mass is 32.2. The zero-order valence-electron chi connectivity index (χ0n) is 20.7. The number of methoxy groups -OCH3 is 1. The summed E-state index contributed by atoms with van der Waals surface area (Å²) in [6, 6.07) is 9.28. The van der Waals surface area contributed by atoms with Gasteiger partial charge in [0.25, 0.3) is 5.91 Å². The van der Waals surface area contributed by atoms with E-state index in [4.69, 9.17) is 13.9 Å². The van der Waals surface area contributed by atoms with E-state index in [2.05, 4.69) is 5.32 Å². The van der Waals surface area contributed by atoms with Crippen LogP contribution in [0.15, 0.2) is 40.8 Å². The van der Waals surface area contributed by atoms with Crippen molar-refractivity contribution in [3.8, 4) is 11.3 Å². The van der Waals surface area contributed by atoms with Crippen LogP contribution in [0.5, 0.6) is 0 Å². The van der Waals surface area contributed by atoms with E-state index >= 15 is 0 Å². The summed E-state index contributed by atoms with van der Waals surface area (Å²) in [5.41, 5.74) is 2.69. The van der Waals surface area contributed by atoms with Crippen LogP contribution in [0.25, 0.3) is 22.3 Å². The van der Waals surface area contributed by atoms with Gasteiger partial charge in [0.1, 0.15) is 17.2 Å².